The molecule has 0 spiro atoms. The van der Waals surface area contributed by atoms with Crippen LogP contribution in [0.1, 0.15) is 33.1 Å². The van der Waals surface area contributed by atoms with E-state index in [1.807, 2.05) is 0 Å². The first-order chi connectivity index (χ1) is 6.06. The predicted octanol–water partition coefficient (Wildman–Crippen LogP) is 1.33. The van der Waals surface area contributed by atoms with Gasteiger partial charge in [-0.1, -0.05) is 12.8 Å². The standard InChI is InChI=1S/C10H19NO2/c1-10(2,13-3)9(12)11-7-6-8-4-5-8/h8H,4-7H2,1-3H3,(H,11,12). The number of hydrogen-bond donors (Lipinski definition) is 1. The van der Waals surface area contributed by atoms with Crippen LogP contribution in [-0.2, 0) is 9.53 Å². The zero-order valence-electron chi connectivity index (χ0n) is 8.72. The molecule has 0 aromatic heterocycles. The number of hydrogen-bond acceptors (Lipinski definition) is 2. The van der Waals surface area contributed by atoms with E-state index in [1.54, 1.807) is 21.0 Å². The number of nitrogens with one attached hydrogen (secondary N) is 1. The number of amides is 1. The Morgan fingerprint density at radius 1 is 1.54 bits per heavy atom. The van der Waals surface area contributed by atoms with Crippen LogP contribution in [0.3, 0.4) is 0 Å². The highest BCUT2D eigenvalue weighted by molar-refractivity contribution is 5.84. The van der Waals surface area contributed by atoms with Gasteiger partial charge in [0.1, 0.15) is 5.60 Å². The fourth-order valence-corrected chi connectivity index (χ4v) is 1.10. The van der Waals surface area contributed by atoms with E-state index in [2.05, 4.69) is 5.32 Å². The molecule has 1 aliphatic carbocycles. The molecule has 0 unspecified atom stereocenters. The molecular weight excluding hydrogens is 166 g/mol. The summed E-state index contributed by atoms with van der Waals surface area (Å²) in [4.78, 5) is 11.5. The number of methoxy groups -OCH3 is 1. The third-order valence-electron chi connectivity index (χ3n) is 2.59. The van der Waals surface area contributed by atoms with E-state index < -0.39 is 5.60 Å². The Kier molecular flexibility index (Phi) is 3.31. The van der Waals surface area contributed by atoms with E-state index in [9.17, 15) is 4.79 Å². The minimum Gasteiger partial charge on any atom is -0.369 e. The summed E-state index contributed by atoms with van der Waals surface area (Å²) < 4.78 is 5.06. The van der Waals surface area contributed by atoms with Crippen molar-refractivity contribution in [3.8, 4) is 0 Å². The maximum absolute atomic E-state index is 11.5. The molecule has 0 radical (unpaired) electrons. The molecule has 0 atom stereocenters. The summed E-state index contributed by atoms with van der Waals surface area (Å²) in [6.07, 6.45) is 3.79. The largest absolute Gasteiger partial charge is 0.369 e. The highest BCUT2D eigenvalue weighted by atomic mass is 16.5. The fraction of sp³-hybridized carbons (Fsp3) is 0.900. The highest BCUT2D eigenvalue weighted by Gasteiger charge is 2.27. The molecule has 3 heteroatoms. The van der Waals surface area contributed by atoms with Crippen molar-refractivity contribution in [3.05, 3.63) is 0 Å². The Balaban J connectivity index is 2.15. The van der Waals surface area contributed by atoms with E-state index in [-0.39, 0.29) is 5.91 Å². The van der Waals surface area contributed by atoms with Crippen molar-refractivity contribution in [2.24, 2.45) is 5.92 Å². The molecule has 3 nitrogen and oxygen atoms in total. The van der Waals surface area contributed by atoms with Gasteiger partial charge in [0.15, 0.2) is 0 Å². The maximum Gasteiger partial charge on any atom is 0.251 e. The predicted molar refractivity (Wildman–Crippen MR) is 51.4 cm³/mol. The van der Waals surface area contributed by atoms with Crippen molar-refractivity contribution < 1.29 is 9.53 Å². The van der Waals surface area contributed by atoms with Crippen LogP contribution in [0.25, 0.3) is 0 Å². The minimum absolute atomic E-state index is 0.0179. The molecule has 0 aliphatic heterocycles. The number of ether oxygens (including phenoxy) is 1. The Morgan fingerprint density at radius 2 is 2.15 bits per heavy atom. The number of rotatable bonds is 5. The molecule has 0 bridgehead atoms. The van der Waals surface area contributed by atoms with E-state index in [0.717, 1.165) is 18.9 Å². The van der Waals surface area contributed by atoms with Gasteiger partial charge in [-0.25, -0.2) is 0 Å². The van der Waals surface area contributed by atoms with Gasteiger partial charge >= 0.3 is 0 Å². The molecule has 1 saturated carbocycles. The van der Waals surface area contributed by atoms with Crippen molar-refractivity contribution in [2.75, 3.05) is 13.7 Å². The molecule has 1 N–H and O–H groups in total. The van der Waals surface area contributed by atoms with Crippen molar-refractivity contribution in [1.82, 2.24) is 5.32 Å². The van der Waals surface area contributed by atoms with Crippen LogP contribution in [0, 0.1) is 5.92 Å². The molecule has 0 aromatic rings. The lowest BCUT2D eigenvalue weighted by atomic mass is 10.1. The monoisotopic (exact) mass is 185 g/mol. The Morgan fingerprint density at radius 3 is 2.62 bits per heavy atom. The summed E-state index contributed by atoms with van der Waals surface area (Å²) in [5.74, 6) is 0.849. The zero-order valence-corrected chi connectivity index (χ0v) is 8.72. The Hall–Kier alpha value is -0.570. The summed E-state index contributed by atoms with van der Waals surface area (Å²) in [7, 11) is 1.56. The van der Waals surface area contributed by atoms with E-state index in [4.69, 9.17) is 4.74 Å². The van der Waals surface area contributed by atoms with Gasteiger partial charge in [-0.15, -0.1) is 0 Å². The third kappa shape index (κ3) is 3.35. The SMILES string of the molecule is COC(C)(C)C(=O)NCCC1CC1. The summed E-state index contributed by atoms with van der Waals surface area (Å²) in [6.45, 7) is 4.34. The Bertz CT molecular complexity index is 185. The zero-order chi connectivity index (χ0) is 9.90. The number of carbonyl (C=O) groups excluding carboxylic acids is 1. The van der Waals surface area contributed by atoms with Gasteiger partial charge < -0.3 is 10.1 Å². The lowest BCUT2D eigenvalue weighted by Crippen LogP contribution is -2.43. The van der Waals surface area contributed by atoms with Crippen LogP contribution in [0.2, 0.25) is 0 Å². The van der Waals surface area contributed by atoms with Gasteiger partial charge in [0, 0.05) is 13.7 Å². The van der Waals surface area contributed by atoms with Gasteiger partial charge in [0.25, 0.3) is 5.91 Å². The van der Waals surface area contributed by atoms with Crippen LogP contribution in [0.5, 0.6) is 0 Å². The summed E-state index contributed by atoms with van der Waals surface area (Å²) in [5, 5.41) is 2.88. The molecule has 0 heterocycles. The molecule has 13 heavy (non-hydrogen) atoms. The van der Waals surface area contributed by atoms with Crippen LogP contribution >= 0.6 is 0 Å². The summed E-state index contributed by atoms with van der Waals surface area (Å²) in [6, 6.07) is 0. The van der Waals surface area contributed by atoms with E-state index >= 15 is 0 Å². The lowest BCUT2D eigenvalue weighted by molar-refractivity contribution is -0.139. The molecule has 1 rings (SSSR count). The van der Waals surface area contributed by atoms with Crippen molar-refractivity contribution >= 4 is 5.91 Å². The van der Waals surface area contributed by atoms with Crippen LogP contribution in [0.15, 0.2) is 0 Å². The molecule has 0 saturated heterocycles. The van der Waals surface area contributed by atoms with Gasteiger partial charge in [-0.05, 0) is 26.2 Å². The first-order valence-electron chi connectivity index (χ1n) is 4.89. The van der Waals surface area contributed by atoms with Gasteiger partial charge in [0.05, 0.1) is 0 Å². The normalized spacial score (nSPS) is 17.2. The lowest BCUT2D eigenvalue weighted by Gasteiger charge is -2.21. The fourth-order valence-electron chi connectivity index (χ4n) is 1.10. The second-order valence-electron chi connectivity index (χ2n) is 4.20. The quantitative estimate of drug-likeness (QED) is 0.701. The van der Waals surface area contributed by atoms with Crippen molar-refractivity contribution in [1.29, 1.82) is 0 Å². The molecule has 76 valence electrons. The third-order valence-corrected chi connectivity index (χ3v) is 2.59. The van der Waals surface area contributed by atoms with Gasteiger partial charge in [-0.2, -0.15) is 0 Å². The topological polar surface area (TPSA) is 38.3 Å². The second-order valence-corrected chi connectivity index (χ2v) is 4.20. The molecule has 0 aromatic carbocycles. The van der Waals surface area contributed by atoms with Crippen LogP contribution in [-0.4, -0.2) is 25.2 Å². The average Bonchev–Trinajstić information content (AvgIpc) is 2.88. The number of carbonyl (C=O) groups is 1. The first-order valence-corrected chi connectivity index (χ1v) is 4.89. The van der Waals surface area contributed by atoms with Gasteiger partial charge in [0.2, 0.25) is 0 Å². The minimum atomic E-state index is -0.691. The molecule has 1 fully saturated rings. The first kappa shape index (κ1) is 10.5. The van der Waals surface area contributed by atoms with Crippen molar-refractivity contribution in [3.63, 3.8) is 0 Å². The Labute approximate surface area is 79.8 Å². The molecular formula is C10H19NO2. The average molecular weight is 185 g/mol. The van der Waals surface area contributed by atoms with Crippen LogP contribution in [0.4, 0.5) is 0 Å². The summed E-state index contributed by atoms with van der Waals surface area (Å²) >= 11 is 0. The van der Waals surface area contributed by atoms with E-state index in [0.29, 0.717) is 0 Å². The van der Waals surface area contributed by atoms with Gasteiger partial charge in [-0.3, -0.25) is 4.79 Å². The second kappa shape index (κ2) is 4.09. The summed E-state index contributed by atoms with van der Waals surface area (Å²) in [5.41, 5.74) is -0.691. The van der Waals surface area contributed by atoms with Crippen molar-refractivity contribution in [2.45, 2.75) is 38.7 Å². The smallest absolute Gasteiger partial charge is 0.251 e. The maximum atomic E-state index is 11.5. The molecule has 1 amide bonds. The van der Waals surface area contributed by atoms with E-state index in [1.165, 1.54) is 12.8 Å². The van der Waals surface area contributed by atoms with Crippen LogP contribution < -0.4 is 5.32 Å². The highest BCUT2D eigenvalue weighted by Crippen LogP contribution is 2.31. The molecule has 1 aliphatic rings.